The average molecular weight is 730 g/mol. The van der Waals surface area contributed by atoms with Gasteiger partial charge in [0, 0.05) is 31.6 Å². The van der Waals surface area contributed by atoms with E-state index >= 15 is 0 Å². The number of guanidine groups is 1. The summed E-state index contributed by atoms with van der Waals surface area (Å²) in [7, 11) is 2.20. The molecule has 0 spiro atoms. The van der Waals surface area contributed by atoms with Crippen LogP contribution >= 0.6 is 26.9 Å². The van der Waals surface area contributed by atoms with Crippen LogP contribution < -0.4 is 25.6 Å². The van der Waals surface area contributed by atoms with Crippen molar-refractivity contribution in [1.29, 1.82) is 0 Å². The molecular weight excluding hydrogens is 682 g/mol. The first-order valence-corrected chi connectivity index (χ1v) is 21.2. The van der Waals surface area contributed by atoms with Crippen molar-refractivity contribution >= 4 is 89.2 Å². The van der Waals surface area contributed by atoms with E-state index in [1.165, 1.54) is 0 Å². The number of β-lactam (4-membered cyclic amide) rings is 1. The number of amides is 3. The molecule has 0 bridgehead atoms. The quantitative estimate of drug-likeness (QED) is 0.0342. The molecule has 260 valence electrons. The fourth-order valence-electron chi connectivity index (χ4n) is 6.50. The molecule has 0 aromatic carbocycles. The maximum atomic E-state index is 13.7. The Bertz CT molecular complexity index is 1200. The van der Waals surface area contributed by atoms with E-state index in [4.69, 9.17) is 18.0 Å². The van der Waals surface area contributed by atoms with Gasteiger partial charge in [0.2, 0.25) is 11.9 Å². The Morgan fingerprint density at radius 1 is 1.02 bits per heavy atom. The highest BCUT2D eigenvalue weighted by atomic mass is 31.1. The van der Waals surface area contributed by atoms with Crippen molar-refractivity contribution in [2.75, 3.05) is 19.6 Å². The van der Waals surface area contributed by atoms with E-state index in [0.29, 0.717) is 31.8 Å². The molecule has 0 aromatic heterocycles. The molecule has 47 heavy (non-hydrogen) atoms. The summed E-state index contributed by atoms with van der Waals surface area (Å²) >= 11 is 0. The van der Waals surface area contributed by atoms with Gasteiger partial charge in [0.1, 0.15) is 32.6 Å². The van der Waals surface area contributed by atoms with Gasteiger partial charge in [-0.3, -0.25) is 15.0 Å². The lowest BCUT2D eigenvalue weighted by Gasteiger charge is -2.49. The first-order valence-electron chi connectivity index (χ1n) is 16.0. The molecule has 8 atom stereocenters. The maximum Gasteiger partial charge on any atom is 0.440 e. The van der Waals surface area contributed by atoms with Gasteiger partial charge in [0.25, 0.3) is 0 Å². The van der Waals surface area contributed by atoms with Crippen LogP contribution in [0, 0.1) is 11.8 Å². The minimum atomic E-state index is -1.96. The van der Waals surface area contributed by atoms with Crippen LogP contribution in [-0.2, 0) is 27.6 Å². The molecule has 3 aliphatic rings. The van der Waals surface area contributed by atoms with Crippen LogP contribution in [0.15, 0.2) is 16.3 Å². The SMILES string of the molecule is BNPOC(=O)/N=C(/NC(=O)OPNB)N[C@H]1CCN(CC2=C(C(=O)OPNB)N3C(=O)C([C@@H](C)O[Si](CC)(CC)CC)C3[C@H]2C)C1. The van der Waals surface area contributed by atoms with Gasteiger partial charge in [-0.05, 0) is 37.0 Å². The lowest BCUT2D eigenvalue weighted by Crippen LogP contribution is -2.65. The monoisotopic (exact) mass is 730 g/mol. The first-order chi connectivity index (χ1) is 22.5. The van der Waals surface area contributed by atoms with Crippen molar-refractivity contribution in [1.82, 2.24) is 35.4 Å². The smallest absolute Gasteiger partial charge is 0.428 e. The Kier molecular flexibility index (Phi) is 16.1. The lowest BCUT2D eigenvalue weighted by molar-refractivity contribution is -0.161. The molecule has 23 heteroatoms. The molecule has 3 amide bonds. The fraction of sp³-hybridized carbons (Fsp3) is 0.708. The molecule has 0 saturated carbocycles. The number of fused-ring (bicyclic) bond motifs is 1. The summed E-state index contributed by atoms with van der Waals surface area (Å²) in [5.74, 6) is -1.12. The van der Waals surface area contributed by atoms with Gasteiger partial charge in [-0.25, -0.2) is 14.4 Å². The molecule has 5 unspecified atom stereocenters. The second kappa shape index (κ2) is 19.0. The lowest BCUT2D eigenvalue weighted by atomic mass is 9.77. The molecular formula is C24H48B3N8O8P3Si. The third-order valence-electron chi connectivity index (χ3n) is 9.03. The van der Waals surface area contributed by atoms with Crippen molar-refractivity contribution < 1.29 is 37.2 Å². The highest BCUT2D eigenvalue weighted by Crippen LogP contribution is 2.49. The molecule has 3 rings (SSSR count). The molecule has 3 heterocycles. The molecule has 2 fully saturated rings. The average Bonchev–Trinajstić information content (AvgIpc) is 3.59. The second-order valence-corrected chi connectivity index (χ2v) is 19.1. The summed E-state index contributed by atoms with van der Waals surface area (Å²) in [6.45, 7) is 12.2. The molecule has 0 aliphatic carbocycles. The van der Waals surface area contributed by atoms with E-state index in [0.717, 1.165) is 23.7 Å². The number of likely N-dealkylation sites (tertiary alicyclic amines) is 1. The third kappa shape index (κ3) is 9.98. The minimum absolute atomic E-state index is 0.0819. The Balaban J connectivity index is 1.77. The summed E-state index contributed by atoms with van der Waals surface area (Å²) in [6, 6.07) is 2.60. The number of carbonyl (C=O) groups excluding carboxylic acids is 4. The van der Waals surface area contributed by atoms with Crippen LogP contribution in [-0.4, -0.2) is 110 Å². The summed E-state index contributed by atoms with van der Waals surface area (Å²) in [5, 5.41) is 5.60. The van der Waals surface area contributed by atoms with Crippen LogP contribution in [0.3, 0.4) is 0 Å². The zero-order valence-corrected chi connectivity index (χ0v) is 32.4. The highest BCUT2D eigenvalue weighted by Gasteiger charge is 2.61. The number of rotatable bonds is 16. The molecule has 5 N–H and O–H groups in total. The number of aliphatic imine (C=N–C) groups is 1. The number of carbonyl (C=O) groups is 4. The number of hydrogen-bond acceptors (Lipinski definition) is 12. The molecule has 3 aliphatic heterocycles. The minimum Gasteiger partial charge on any atom is -0.428 e. The third-order valence-corrected chi connectivity index (χ3v) is 15.2. The Labute approximate surface area is 286 Å². The first kappa shape index (κ1) is 39.8. The van der Waals surface area contributed by atoms with Crippen LogP contribution in [0.2, 0.25) is 18.1 Å². The van der Waals surface area contributed by atoms with E-state index in [-0.39, 0.29) is 68.8 Å². The van der Waals surface area contributed by atoms with Gasteiger partial charge < -0.3 is 43.2 Å². The molecule has 0 aromatic rings. The van der Waals surface area contributed by atoms with Crippen LogP contribution in [0.1, 0.15) is 41.0 Å². The van der Waals surface area contributed by atoms with E-state index in [1.807, 2.05) is 6.92 Å². The van der Waals surface area contributed by atoms with Crippen molar-refractivity contribution in [2.45, 2.75) is 77.4 Å². The van der Waals surface area contributed by atoms with Gasteiger partial charge in [-0.2, -0.15) is 0 Å². The Hall–Kier alpha value is -1.61. The standard InChI is InChI=1S/C24H48B3N8O8P3Si/c1-6-47(7-2,8-3)43-14(5)17-18-13(4)16(19(35(18)20(17)36)21(37)40-44-31-25)12-34-10-9-15(11-34)28-22(29-23(38)41-45-32-26)30-24(39)42-46-33-27/h13-15,17-18,31-33,44-46H,6-12,25-27H2,1-5H3,(H2,28,29,30,38,39)/t13-,14+,15-,17?,18?/m0/s1. The van der Waals surface area contributed by atoms with Crippen molar-refractivity contribution in [3.63, 3.8) is 0 Å². The summed E-state index contributed by atoms with van der Waals surface area (Å²) < 4.78 is 22.2. The van der Waals surface area contributed by atoms with Crippen molar-refractivity contribution in [2.24, 2.45) is 16.8 Å². The van der Waals surface area contributed by atoms with Crippen molar-refractivity contribution in [3.8, 4) is 0 Å². The summed E-state index contributed by atoms with van der Waals surface area (Å²) in [4.78, 5) is 67.5. The van der Waals surface area contributed by atoms with Gasteiger partial charge in [0.05, 0.1) is 18.1 Å². The van der Waals surface area contributed by atoms with Gasteiger partial charge in [-0.15, -0.1) is 4.99 Å². The van der Waals surface area contributed by atoms with E-state index in [1.54, 1.807) is 28.8 Å². The normalized spacial score (nSPS) is 24.4. The zero-order valence-electron chi connectivity index (χ0n) is 28.4. The number of nitrogens with one attached hydrogen (secondary N) is 5. The summed E-state index contributed by atoms with van der Waals surface area (Å²) in [6.07, 6.45) is -1.24. The largest absolute Gasteiger partial charge is 0.440 e. The van der Waals surface area contributed by atoms with E-state index < -0.39 is 26.5 Å². The Morgan fingerprint density at radius 2 is 1.64 bits per heavy atom. The predicted octanol–water partition coefficient (Wildman–Crippen LogP) is -0.508. The highest BCUT2D eigenvalue weighted by molar-refractivity contribution is 7.32. The molecule has 2 saturated heterocycles. The maximum absolute atomic E-state index is 13.7. The van der Waals surface area contributed by atoms with Gasteiger partial charge >= 0.3 is 18.2 Å². The number of hydrogen-bond donors (Lipinski definition) is 5. The molecule has 0 radical (unpaired) electrons. The van der Waals surface area contributed by atoms with Crippen LogP contribution in [0.25, 0.3) is 0 Å². The Morgan fingerprint density at radius 3 is 2.26 bits per heavy atom. The summed E-state index contributed by atoms with van der Waals surface area (Å²) in [5.41, 5.74) is 1.18. The topological polar surface area (TPSA) is 184 Å². The van der Waals surface area contributed by atoms with Crippen LogP contribution in [0.4, 0.5) is 9.59 Å². The fourth-order valence-corrected chi connectivity index (χ4v) is 10.2. The zero-order chi connectivity index (χ0) is 34.7. The van der Waals surface area contributed by atoms with E-state index in [2.05, 4.69) is 63.2 Å². The second-order valence-electron chi connectivity index (χ2n) is 11.6. The van der Waals surface area contributed by atoms with Crippen molar-refractivity contribution in [3.05, 3.63) is 11.3 Å². The number of nitrogens with zero attached hydrogens (tertiary/aromatic N) is 3. The predicted molar refractivity (Wildman–Crippen MR) is 196 cm³/mol. The molecule has 16 nitrogen and oxygen atoms in total. The van der Waals surface area contributed by atoms with Gasteiger partial charge in [-0.1, -0.05) is 27.7 Å². The van der Waals surface area contributed by atoms with Gasteiger partial charge in [0.15, 0.2) is 32.3 Å². The van der Waals surface area contributed by atoms with E-state index in [9.17, 15) is 19.2 Å². The van der Waals surface area contributed by atoms with Crippen LogP contribution in [0.5, 0.6) is 0 Å².